The van der Waals surface area contributed by atoms with Crippen LogP contribution in [-0.2, 0) is 14.3 Å². The summed E-state index contributed by atoms with van der Waals surface area (Å²) in [6.07, 6.45) is 1.53. The van der Waals surface area contributed by atoms with Gasteiger partial charge in [-0.25, -0.2) is 0 Å². The molecule has 2 aromatic rings. The minimum atomic E-state index is -0.715. The molecule has 2 N–H and O–H groups in total. The number of carbonyl (C=O) groups is 1. The lowest BCUT2D eigenvalue weighted by atomic mass is 10.0. The third-order valence-corrected chi connectivity index (χ3v) is 4.60. The summed E-state index contributed by atoms with van der Waals surface area (Å²) in [6, 6.07) is 19.4. The van der Waals surface area contributed by atoms with Crippen LogP contribution in [0.4, 0.5) is 11.4 Å². The average molecular weight is 368 g/mol. The van der Waals surface area contributed by atoms with Crippen molar-refractivity contribution in [1.82, 2.24) is 0 Å². The molecule has 1 heterocycles. The topological polar surface area (TPSA) is 64.8 Å². The van der Waals surface area contributed by atoms with Gasteiger partial charge in [0, 0.05) is 17.8 Å². The molecule has 0 aliphatic carbocycles. The SMILES string of the molecule is CC1(C)O[C@H](CCN)C[C@H](CC(=O)N(c2ccccc2)c2ccccc2)O1. The van der Waals surface area contributed by atoms with E-state index in [4.69, 9.17) is 15.2 Å². The monoisotopic (exact) mass is 368 g/mol. The van der Waals surface area contributed by atoms with Gasteiger partial charge in [0.2, 0.25) is 5.91 Å². The van der Waals surface area contributed by atoms with Gasteiger partial charge < -0.3 is 15.2 Å². The van der Waals surface area contributed by atoms with Crippen molar-refractivity contribution in [3.63, 3.8) is 0 Å². The second-order valence-corrected chi connectivity index (χ2v) is 7.30. The van der Waals surface area contributed by atoms with Crippen molar-refractivity contribution in [3.05, 3.63) is 60.7 Å². The second kappa shape index (κ2) is 8.65. The highest BCUT2D eigenvalue weighted by Crippen LogP contribution is 2.32. The van der Waals surface area contributed by atoms with Crippen LogP contribution in [0.25, 0.3) is 0 Å². The van der Waals surface area contributed by atoms with Crippen molar-refractivity contribution in [2.24, 2.45) is 5.73 Å². The Morgan fingerprint density at radius 2 is 1.52 bits per heavy atom. The van der Waals surface area contributed by atoms with Gasteiger partial charge in [-0.2, -0.15) is 0 Å². The summed E-state index contributed by atoms with van der Waals surface area (Å²) < 4.78 is 12.0. The molecule has 3 rings (SSSR count). The zero-order chi connectivity index (χ0) is 19.3. The Labute approximate surface area is 161 Å². The van der Waals surface area contributed by atoms with Crippen molar-refractivity contribution in [2.75, 3.05) is 11.4 Å². The predicted molar refractivity (Wildman–Crippen MR) is 107 cm³/mol. The fourth-order valence-electron chi connectivity index (χ4n) is 3.58. The maximum Gasteiger partial charge on any atom is 0.234 e. The van der Waals surface area contributed by atoms with Crippen LogP contribution in [-0.4, -0.2) is 30.4 Å². The lowest BCUT2D eigenvalue weighted by molar-refractivity contribution is -0.299. The van der Waals surface area contributed by atoms with Crippen LogP contribution in [0.15, 0.2) is 60.7 Å². The van der Waals surface area contributed by atoms with E-state index in [-0.39, 0.29) is 24.5 Å². The van der Waals surface area contributed by atoms with Gasteiger partial charge in [-0.15, -0.1) is 0 Å². The molecule has 27 heavy (non-hydrogen) atoms. The van der Waals surface area contributed by atoms with Gasteiger partial charge in [0.25, 0.3) is 0 Å². The molecule has 0 radical (unpaired) electrons. The number of hydrogen-bond acceptors (Lipinski definition) is 4. The summed E-state index contributed by atoms with van der Waals surface area (Å²) in [6.45, 7) is 4.33. The lowest BCUT2D eigenvalue weighted by Gasteiger charge is -2.41. The molecule has 0 unspecified atom stereocenters. The molecule has 0 aromatic heterocycles. The van der Waals surface area contributed by atoms with Gasteiger partial charge in [0.15, 0.2) is 5.79 Å². The average Bonchev–Trinajstić information content (AvgIpc) is 2.62. The molecular formula is C22H28N2O3. The van der Waals surface area contributed by atoms with Crippen molar-refractivity contribution in [3.8, 4) is 0 Å². The molecule has 1 aliphatic rings. The minimum absolute atomic E-state index is 0.00148. The molecule has 2 atom stereocenters. The van der Waals surface area contributed by atoms with E-state index in [1.54, 1.807) is 4.90 Å². The third kappa shape index (κ3) is 5.16. The van der Waals surface area contributed by atoms with Crippen molar-refractivity contribution in [1.29, 1.82) is 0 Å². The van der Waals surface area contributed by atoms with Crippen LogP contribution in [0.3, 0.4) is 0 Å². The van der Waals surface area contributed by atoms with Gasteiger partial charge in [0.05, 0.1) is 18.6 Å². The maximum absolute atomic E-state index is 13.3. The summed E-state index contributed by atoms with van der Waals surface area (Å²) >= 11 is 0. The molecule has 2 aromatic carbocycles. The first-order chi connectivity index (χ1) is 13.0. The van der Waals surface area contributed by atoms with E-state index in [2.05, 4.69) is 0 Å². The number of nitrogens with zero attached hydrogens (tertiary/aromatic N) is 1. The summed E-state index contributed by atoms with van der Waals surface area (Å²) in [5, 5.41) is 0. The molecule has 0 bridgehead atoms. The number of benzene rings is 2. The van der Waals surface area contributed by atoms with E-state index >= 15 is 0 Å². The molecule has 5 heteroatoms. The highest BCUT2D eigenvalue weighted by atomic mass is 16.7. The van der Waals surface area contributed by atoms with Crippen LogP contribution in [0.1, 0.15) is 33.1 Å². The number of rotatable bonds is 6. The molecule has 0 saturated carbocycles. The highest BCUT2D eigenvalue weighted by molar-refractivity contribution is 6.00. The number of carbonyl (C=O) groups excluding carboxylic acids is 1. The molecule has 1 saturated heterocycles. The molecule has 144 valence electrons. The summed E-state index contributed by atoms with van der Waals surface area (Å²) in [7, 11) is 0. The van der Waals surface area contributed by atoms with Crippen LogP contribution in [0.5, 0.6) is 0 Å². The van der Waals surface area contributed by atoms with Crippen LogP contribution in [0, 0.1) is 0 Å². The molecule has 0 spiro atoms. The third-order valence-electron chi connectivity index (χ3n) is 4.60. The predicted octanol–water partition coefficient (Wildman–Crippen LogP) is 4.00. The molecule has 5 nitrogen and oxygen atoms in total. The van der Waals surface area contributed by atoms with Gasteiger partial charge >= 0.3 is 0 Å². The fraction of sp³-hybridized carbons (Fsp3) is 0.409. The molecule has 1 fully saturated rings. The van der Waals surface area contributed by atoms with Crippen LogP contribution < -0.4 is 10.6 Å². The van der Waals surface area contributed by atoms with Crippen LogP contribution >= 0.6 is 0 Å². The Morgan fingerprint density at radius 1 is 1.00 bits per heavy atom. The lowest BCUT2D eigenvalue weighted by Crippen LogP contribution is -2.46. The first-order valence-electron chi connectivity index (χ1n) is 9.47. The first kappa shape index (κ1) is 19.5. The molecular weight excluding hydrogens is 340 g/mol. The van der Waals surface area contributed by atoms with Gasteiger partial charge in [-0.05, 0) is 51.1 Å². The van der Waals surface area contributed by atoms with E-state index in [0.29, 0.717) is 13.0 Å². The largest absolute Gasteiger partial charge is 0.347 e. The van der Waals surface area contributed by atoms with E-state index in [9.17, 15) is 4.79 Å². The van der Waals surface area contributed by atoms with Crippen molar-refractivity contribution in [2.45, 2.75) is 51.1 Å². The number of nitrogens with two attached hydrogens (primary N) is 1. The smallest absolute Gasteiger partial charge is 0.234 e. The summed E-state index contributed by atoms with van der Waals surface area (Å²) in [4.78, 5) is 15.0. The van der Waals surface area contributed by atoms with Gasteiger partial charge in [0.1, 0.15) is 0 Å². The van der Waals surface area contributed by atoms with Crippen molar-refractivity contribution >= 4 is 17.3 Å². The number of ether oxygens (including phenoxy) is 2. The van der Waals surface area contributed by atoms with Crippen molar-refractivity contribution < 1.29 is 14.3 Å². The summed E-state index contributed by atoms with van der Waals surface area (Å²) in [5.41, 5.74) is 7.39. The number of amides is 1. The van der Waals surface area contributed by atoms with E-state index in [1.807, 2.05) is 74.5 Å². The van der Waals surface area contributed by atoms with E-state index in [0.717, 1.165) is 17.8 Å². The Balaban J connectivity index is 1.80. The minimum Gasteiger partial charge on any atom is -0.347 e. The number of hydrogen-bond donors (Lipinski definition) is 1. The Bertz CT molecular complexity index is 694. The van der Waals surface area contributed by atoms with Gasteiger partial charge in [-0.3, -0.25) is 9.69 Å². The Hall–Kier alpha value is -2.21. The first-order valence-corrected chi connectivity index (χ1v) is 9.47. The number of para-hydroxylation sites is 2. The second-order valence-electron chi connectivity index (χ2n) is 7.30. The molecule has 1 amide bonds. The number of anilines is 2. The zero-order valence-electron chi connectivity index (χ0n) is 16.0. The maximum atomic E-state index is 13.3. The normalized spacial score (nSPS) is 21.6. The van der Waals surface area contributed by atoms with Crippen LogP contribution in [0.2, 0.25) is 0 Å². The summed E-state index contributed by atoms with van der Waals surface area (Å²) in [5.74, 6) is -0.713. The van der Waals surface area contributed by atoms with E-state index < -0.39 is 5.79 Å². The van der Waals surface area contributed by atoms with Gasteiger partial charge in [-0.1, -0.05) is 36.4 Å². The zero-order valence-corrected chi connectivity index (χ0v) is 16.0. The molecule has 1 aliphatic heterocycles. The fourth-order valence-corrected chi connectivity index (χ4v) is 3.58. The van der Waals surface area contributed by atoms with E-state index in [1.165, 1.54) is 0 Å². The standard InChI is InChI=1S/C22H28N2O3/c1-22(2)26-19(13-14-23)15-20(27-22)16-21(25)24(17-9-5-3-6-10-17)18-11-7-4-8-12-18/h3-12,19-20H,13-16,23H2,1-2H3/t19-,20-/m1/s1. The Morgan fingerprint density at radius 3 is 2.04 bits per heavy atom. The Kier molecular flexibility index (Phi) is 6.26. The highest BCUT2D eigenvalue weighted by Gasteiger charge is 2.36. The quantitative estimate of drug-likeness (QED) is 0.837.